The number of ether oxygens (including phenoxy) is 3. The standard InChI is InChI=1S/C66H116O6/c1-4-7-10-13-16-19-22-25-28-31-33-36-38-41-44-47-50-53-56-59-65(68)71-62-63(61-70-64(67)58-55-52-49-46-43-40-37-34-30-27-24-21-18-15-12-9-6-3)72-66(69)60-57-54-51-48-45-42-39-35-32-29-26-23-20-17-14-11-8-5-2/h7,10,16,19,25,28,33,35-36,39,41,44,63H,4-6,8-9,11-15,17-18,20-24,26-27,29-32,34,37-38,40,42-43,45-62H2,1-3H3/b10-7-,19-16-,28-25-,36-33-,39-35-,44-41-. The number of hydrogen-bond donors (Lipinski definition) is 0. The van der Waals surface area contributed by atoms with Crippen LogP contribution in [0.3, 0.4) is 0 Å². The lowest BCUT2D eigenvalue weighted by atomic mass is 10.0. The quantitative estimate of drug-likeness (QED) is 0.0261. The summed E-state index contributed by atoms with van der Waals surface area (Å²) < 4.78 is 16.9. The van der Waals surface area contributed by atoms with Crippen LogP contribution in [0.4, 0.5) is 0 Å². The van der Waals surface area contributed by atoms with Crippen LogP contribution in [0.15, 0.2) is 72.9 Å². The third-order valence-corrected chi connectivity index (χ3v) is 13.4. The Morgan fingerprint density at radius 1 is 0.292 bits per heavy atom. The predicted molar refractivity (Wildman–Crippen MR) is 311 cm³/mol. The van der Waals surface area contributed by atoms with Crippen molar-refractivity contribution in [2.45, 2.75) is 316 Å². The maximum atomic E-state index is 12.9. The number of unbranched alkanes of at least 4 members (excludes halogenated alkanes) is 33. The van der Waals surface area contributed by atoms with Crippen molar-refractivity contribution in [3.63, 3.8) is 0 Å². The van der Waals surface area contributed by atoms with Gasteiger partial charge < -0.3 is 14.2 Å². The van der Waals surface area contributed by atoms with Gasteiger partial charge in [0.15, 0.2) is 6.10 Å². The highest BCUT2D eigenvalue weighted by Crippen LogP contribution is 2.16. The van der Waals surface area contributed by atoms with Crippen molar-refractivity contribution < 1.29 is 28.6 Å². The average Bonchev–Trinajstić information content (AvgIpc) is 3.38. The van der Waals surface area contributed by atoms with Crippen molar-refractivity contribution in [2.24, 2.45) is 0 Å². The van der Waals surface area contributed by atoms with E-state index in [-0.39, 0.29) is 31.1 Å². The van der Waals surface area contributed by atoms with E-state index >= 15 is 0 Å². The Hall–Kier alpha value is -3.15. The Morgan fingerprint density at radius 3 is 0.875 bits per heavy atom. The van der Waals surface area contributed by atoms with Gasteiger partial charge in [-0.25, -0.2) is 0 Å². The van der Waals surface area contributed by atoms with Gasteiger partial charge in [-0.15, -0.1) is 0 Å². The molecule has 0 aromatic rings. The van der Waals surface area contributed by atoms with E-state index in [1.54, 1.807) is 0 Å². The molecule has 0 N–H and O–H groups in total. The van der Waals surface area contributed by atoms with Gasteiger partial charge in [0.2, 0.25) is 0 Å². The van der Waals surface area contributed by atoms with Gasteiger partial charge in [-0.3, -0.25) is 14.4 Å². The second-order valence-corrected chi connectivity index (χ2v) is 20.6. The first-order chi connectivity index (χ1) is 35.5. The van der Waals surface area contributed by atoms with Crippen molar-refractivity contribution in [1.82, 2.24) is 0 Å². The molecule has 0 amide bonds. The summed E-state index contributed by atoms with van der Waals surface area (Å²) in [5, 5.41) is 0. The Bertz CT molecular complexity index is 1340. The number of esters is 3. The SMILES string of the molecule is CC/C=C\C/C=C\C/C=C\C/C=C\C/C=C\CCCCCC(=O)OCC(COC(=O)CCCCCCCCCCCCCCCCCCC)OC(=O)CCCCCCC/C=C\CCCCCCCCCCC. The van der Waals surface area contributed by atoms with Gasteiger partial charge in [0.1, 0.15) is 13.2 Å². The summed E-state index contributed by atoms with van der Waals surface area (Å²) in [5.41, 5.74) is 0. The number of hydrogen-bond acceptors (Lipinski definition) is 6. The molecule has 0 saturated carbocycles. The summed E-state index contributed by atoms with van der Waals surface area (Å²) in [4.78, 5) is 38.3. The van der Waals surface area contributed by atoms with Crippen molar-refractivity contribution in [3.8, 4) is 0 Å². The third-order valence-electron chi connectivity index (χ3n) is 13.4. The first-order valence-corrected chi connectivity index (χ1v) is 30.9. The smallest absolute Gasteiger partial charge is 0.306 e. The summed E-state index contributed by atoms with van der Waals surface area (Å²) in [6, 6.07) is 0. The maximum absolute atomic E-state index is 12.9. The molecule has 0 rings (SSSR count). The van der Waals surface area contributed by atoms with Gasteiger partial charge in [0, 0.05) is 19.3 Å². The van der Waals surface area contributed by atoms with Crippen LogP contribution >= 0.6 is 0 Å². The first kappa shape index (κ1) is 68.8. The fourth-order valence-corrected chi connectivity index (χ4v) is 8.82. The van der Waals surface area contributed by atoms with E-state index in [4.69, 9.17) is 14.2 Å². The summed E-state index contributed by atoms with van der Waals surface area (Å²) in [7, 11) is 0. The topological polar surface area (TPSA) is 78.9 Å². The molecular weight excluding hydrogens is 889 g/mol. The first-order valence-electron chi connectivity index (χ1n) is 30.9. The van der Waals surface area contributed by atoms with Gasteiger partial charge in [0.05, 0.1) is 0 Å². The van der Waals surface area contributed by atoms with E-state index < -0.39 is 6.10 Å². The minimum Gasteiger partial charge on any atom is -0.462 e. The molecule has 0 radical (unpaired) electrons. The van der Waals surface area contributed by atoms with Crippen LogP contribution in [0.1, 0.15) is 310 Å². The van der Waals surface area contributed by atoms with Gasteiger partial charge >= 0.3 is 17.9 Å². The second-order valence-electron chi connectivity index (χ2n) is 20.6. The van der Waals surface area contributed by atoms with E-state index in [1.807, 2.05) is 0 Å². The summed E-state index contributed by atoms with van der Waals surface area (Å²) >= 11 is 0. The lowest BCUT2D eigenvalue weighted by Gasteiger charge is -2.18. The number of allylic oxidation sites excluding steroid dienone is 12. The average molecular weight is 1010 g/mol. The highest BCUT2D eigenvalue weighted by molar-refractivity contribution is 5.71. The molecule has 72 heavy (non-hydrogen) atoms. The largest absolute Gasteiger partial charge is 0.462 e. The van der Waals surface area contributed by atoms with E-state index in [9.17, 15) is 14.4 Å². The zero-order valence-corrected chi connectivity index (χ0v) is 47.7. The zero-order chi connectivity index (χ0) is 52.2. The van der Waals surface area contributed by atoms with Crippen LogP contribution in [0.5, 0.6) is 0 Å². The lowest BCUT2D eigenvalue weighted by molar-refractivity contribution is -0.167. The Kier molecular flexibility index (Phi) is 57.8. The molecule has 0 aliphatic heterocycles. The third kappa shape index (κ3) is 57.7. The molecule has 0 spiro atoms. The van der Waals surface area contributed by atoms with Gasteiger partial charge in [-0.05, 0) is 89.9 Å². The predicted octanol–water partition coefficient (Wildman–Crippen LogP) is 20.9. The molecule has 0 bridgehead atoms. The van der Waals surface area contributed by atoms with Gasteiger partial charge in [0.25, 0.3) is 0 Å². The number of rotatable bonds is 56. The van der Waals surface area contributed by atoms with Crippen LogP contribution in [-0.2, 0) is 28.6 Å². The van der Waals surface area contributed by atoms with Crippen molar-refractivity contribution >= 4 is 17.9 Å². The molecule has 0 aromatic heterocycles. The summed E-state index contributed by atoms with van der Waals surface area (Å²) in [6.45, 7) is 6.53. The van der Waals surface area contributed by atoms with Crippen LogP contribution in [0.25, 0.3) is 0 Å². The molecular formula is C66H116O6. The number of carbonyl (C=O) groups is 3. The van der Waals surface area contributed by atoms with E-state index in [1.165, 1.54) is 161 Å². The van der Waals surface area contributed by atoms with Crippen LogP contribution in [0.2, 0.25) is 0 Å². The fourth-order valence-electron chi connectivity index (χ4n) is 8.82. The monoisotopic (exact) mass is 1000 g/mol. The Balaban J connectivity index is 4.43. The van der Waals surface area contributed by atoms with Crippen molar-refractivity contribution in [1.29, 1.82) is 0 Å². The number of carbonyl (C=O) groups excluding carboxylic acids is 3. The van der Waals surface area contributed by atoms with Crippen LogP contribution in [0, 0.1) is 0 Å². The van der Waals surface area contributed by atoms with Crippen molar-refractivity contribution in [2.75, 3.05) is 13.2 Å². The highest BCUT2D eigenvalue weighted by Gasteiger charge is 2.19. The van der Waals surface area contributed by atoms with E-state index in [0.29, 0.717) is 19.3 Å². The summed E-state index contributed by atoms with van der Waals surface area (Å²) in [6.07, 6.45) is 77.5. The minimum atomic E-state index is -0.793. The van der Waals surface area contributed by atoms with Crippen LogP contribution in [-0.4, -0.2) is 37.2 Å². The van der Waals surface area contributed by atoms with E-state index in [2.05, 4.69) is 93.7 Å². The second kappa shape index (κ2) is 60.4. The Labute approximate surface area is 446 Å². The molecule has 0 heterocycles. The molecule has 1 atom stereocenters. The molecule has 0 aliphatic rings. The maximum Gasteiger partial charge on any atom is 0.306 e. The zero-order valence-electron chi connectivity index (χ0n) is 47.7. The molecule has 6 nitrogen and oxygen atoms in total. The molecule has 416 valence electrons. The van der Waals surface area contributed by atoms with E-state index in [0.717, 1.165) is 109 Å². The molecule has 6 heteroatoms. The molecule has 0 saturated heterocycles. The Morgan fingerprint density at radius 2 is 0.542 bits per heavy atom. The molecule has 1 unspecified atom stereocenters. The highest BCUT2D eigenvalue weighted by atomic mass is 16.6. The van der Waals surface area contributed by atoms with Crippen molar-refractivity contribution in [3.05, 3.63) is 72.9 Å². The molecule has 0 aromatic carbocycles. The normalized spacial score (nSPS) is 12.5. The molecule has 0 fully saturated rings. The summed E-state index contributed by atoms with van der Waals surface area (Å²) in [5.74, 6) is -0.914. The van der Waals surface area contributed by atoms with Gasteiger partial charge in [-0.2, -0.15) is 0 Å². The van der Waals surface area contributed by atoms with Crippen LogP contribution < -0.4 is 0 Å². The molecule has 0 aliphatic carbocycles. The van der Waals surface area contributed by atoms with Gasteiger partial charge in [-0.1, -0.05) is 273 Å². The fraction of sp³-hybridized carbons (Fsp3) is 0.773. The lowest BCUT2D eigenvalue weighted by Crippen LogP contribution is -2.30. The minimum absolute atomic E-state index is 0.0866.